The molecule has 2 rings (SSSR count). The Labute approximate surface area is 120 Å². The highest BCUT2D eigenvalue weighted by Crippen LogP contribution is 2.19. The molecule has 2 aromatic rings. The molecule has 106 valence electrons. The maximum Gasteiger partial charge on any atom is 0.225 e. The van der Waals surface area contributed by atoms with E-state index in [4.69, 9.17) is 5.73 Å². The van der Waals surface area contributed by atoms with E-state index in [0.717, 1.165) is 11.3 Å². The molecule has 0 saturated carbocycles. The molecule has 0 bridgehead atoms. The molecule has 1 aromatic carbocycles. The molecule has 0 unspecified atom stereocenters. The Hall–Kier alpha value is -2.09. The molecule has 0 fully saturated rings. The van der Waals surface area contributed by atoms with Crippen LogP contribution in [-0.2, 0) is 11.8 Å². The third-order valence-corrected chi connectivity index (χ3v) is 3.69. The van der Waals surface area contributed by atoms with Gasteiger partial charge in [-0.2, -0.15) is 0 Å². The molecule has 0 aliphatic rings. The zero-order valence-electron chi connectivity index (χ0n) is 11.3. The molecule has 0 spiro atoms. The van der Waals surface area contributed by atoms with E-state index in [1.165, 1.54) is 11.8 Å². The number of rotatable bonds is 5. The van der Waals surface area contributed by atoms with Crippen molar-refractivity contribution in [3.63, 3.8) is 0 Å². The molecule has 1 amide bonds. The lowest BCUT2D eigenvalue weighted by molar-refractivity contribution is -0.115. The van der Waals surface area contributed by atoms with Crippen molar-refractivity contribution < 1.29 is 4.79 Å². The molecular weight excluding hydrogens is 276 g/mol. The van der Waals surface area contributed by atoms with E-state index in [9.17, 15) is 4.79 Å². The molecule has 1 heterocycles. The summed E-state index contributed by atoms with van der Waals surface area (Å²) in [6.07, 6.45) is 0.381. The summed E-state index contributed by atoms with van der Waals surface area (Å²) in [7, 11) is 1.76. The van der Waals surface area contributed by atoms with Gasteiger partial charge in [0.2, 0.25) is 11.1 Å². The summed E-state index contributed by atoms with van der Waals surface area (Å²) in [6.45, 7) is 1.93. The molecule has 0 aliphatic heterocycles. The van der Waals surface area contributed by atoms with Gasteiger partial charge in [0.15, 0.2) is 0 Å². The molecule has 3 N–H and O–H groups in total. The molecule has 1 aromatic heterocycles. The number of aryl methyl sites for hydroxylation is 2. The van der Waals surface area contributed by atoms with Gasteiger partial charge in [-0.3, -0.25) is 4.79 Å². The summed E-state index contributed by atoms with van der Waals surface area (Å²) in [6, 6.07) is 5.44. The van der Waals surface area contributed by atoms with E-state index in [0.29, 0.717) is 23.0 Å². The van der Waals surface area contributed by atoms with E-state index >= 15 is 0 Å². The Morgan fingerprint density at radius 1 is 1.50 bits per heavy atom. The highest BCUT2D eigenvalue weighted by Gasteiger charge is 2.07. The fraction of sp³-hybridized carbons (Fsp3) is 0.333. The SMILES string of the molecule is Cc1ccc(N)cc1NC(=O)CCSc1nnnn1C. The molecule has 20 heavy (non-hydrogen) atoms. The van der Waals surface area contributed by atoms with Crippen molar-refractivity contribution in [2.75, 3.05) is 16.8 Å². The molecule has 0 atom stereocenters. The quantitative estimate of drug-likeness (QED) is 0.635. The van der Waals surface area contributed by atoms with Gasteiger partial charge in [0.25, 0.3) is 0 Å². The van der Waals surface area contributed by atoms with Gasteiger partial charge in [-0.05, 0) is 35.0 Å². The second kappa shape index (κ2) is 6.38. The molecule has 0 aliphatic carbocycles. The third kappa shape index (κ3) is 3.70. The van der Waals surface area contributed by atoms with E-state index in [2.05, 4.69) is 20.8 Å². The highest BCUT2D eigenvalue weighted by atomic mass is 32.2. The van der Waals surface area contributed by atoms with Gasteiger partial charge in [-0.25, -0.2) is 4.68 Å². The molecule has 0 radical (unpaired) electrons. The smallest absolute Gasteiger partial charge is 0.225 e. The minimum atomic E-state index is -0.0543. The van der Waals surface area contributed by atoms with Crippen molar-refractivity contribution in [1.29, 1.82) is 0 Å². The third-order valence-electron chi connectivity index (χ3n) is 2.68. The fourth-order valence-electron chi connectivity index (χ4n) is 1.57. The summed E-state index contributed by atoms with van der Waals surface area (Å²) >= 11 is 1.44. The van der Waals surface area contributed by atoms with Crippen LogP contribution < -0.4 is 11.1 Å². The highest BCUT2D eigenvalue weighted by molar-refractivity contribution is 7.99. The van der Waals surface area contributed by atoms with Gasteiger partial charge in [0.1, 0.15) is 0 Å². The first-order chi connectivity index (χ1) is 9.56. The van der Waals surface area contributed by atoms with Crippen LogP contribution in [0.2, 0.25) is 0 Å². The predicted octanol–water partition coefficient (Wildman–Crippen LogP) is 1.22. The summed E-state index contributed by atoms with van der Waals surface area (Å²) < 4.78 is 1.57. The number of nitrogens with two attached hydrogens (primary N) is 1. The molecule has 8 heteroatoms. The Balaban J connectivity index is 1.84. The van der Waals surface area contributed by atoms with Crippen LogP contribution in [0, 0.1) is 6.92 Å². The second-order valence-corrected chi connectivity index (χ2v) is 5.37. The first-order valence-corrected chi connectivity index (χ1v) is 7.06. The summed E-state index contributed by atoms with van der Waals surface area (Å²) in [5, 5.41) is 14.6. The zero-order valence-corrected chi connectivity index (χ0v) is 12.1. The molecular formula is C12H16N6OS. The first kappa shape index (κ1) is 14.3. The monoisotopic (exact) mass is 292 g/mol. The van der Waals surface area contributed by atoms with Crippen LogP contribution in [0.25, 0.3) is 0 Å². The van der Waals surface area contributed by atoms with Crippen LogP contribution >= 0.6 is 11.8 Å². The van der Waals surface area contributed by atoms with Gasteiger partial charge >= 0.3 is 0 Å². The number of hydrogen-bond donors (Lipinski definition) is 2. The molecule has 7 nitrogen and oxygen atoms in total. The summed E-state index contributed by atoms with van der Waals surface area (Å²) in [5.74, 6) is 0.558. The van der Waals surface area contributed by atoms with E-state index < -0.39 is 0 Å². The zero-order chi connectivity index (χ0) is 14.5. The number of tetrazole rings is 1. The lowest BCUT2D eigenvalue weighted by Gasteiger charge is -2.08. The summed E-state index contributed by atoms with van der Waals surface area (Å²) in [5.41, 5.74) is 8.07. The van der Waals surface area contributed by atoms with E-state index in [-0.39, 0.29) is 5.91 Å². The number of benzene rings is 1. The fourth-order valence-corrected chi connectivity index (χ4v) is 2.35. The standard InChI is InChI=1S/C12H16N6OS/c1-8-3-4-9(13)7-10(8)14-11(19)5-6-20-12-15-16-17-18(12)2/h3-4,7H,5-6,13H2,1-2H3,(H,14,19). The lowest BCUT2D eigenvalue weighted by Crippen LogP contribution is -2.13. The van der Waals surface area contributed by atoms with Crippen molar-refractivity contribution in [2.24, 2.45) is 7.05 Å². The van der Waals surface area contributed by atoms with Crippen molar-refractivity contribution >= 4 is 29.0 Å². The Bertz CT molecular complexity index is 612. The molecule has 0 saturated heterocycles. The number of amides is 1. The van der Waals surface area contributed by atoms with E-state index in [1.807, 2.05) is 19.1 Å². The number of nitrogen functional groups attached to an aromatic ring is 1. The number of anilines is 2. The van der Waals surface area contributed by atoms with Crippen LogP contribution in [0.15, 0.2) is 23.4 Å². The topological polar surface area (TPSA) is 98.7 Å². The average Bonchev–Trinajstić information content (AvgIpc) is 2.80. The van der Waals surface area contributed by atoms with Crippen LogP contribution in [0.5, 0.6) is 0 Å². The predicted molar refractivity (Wildman–Crippen MR) is 78.4 cm³/mol. The van der Waals surface area contributed by atoms with Crippen LogP contribution in [0.1, 0.15) is 12.0 Å². The minimum absolute atomic E-state index is 0.0543. The number of aromatic nitrogens is 4. The van der Waals surface area contributed by atoms with Gasteiger partial charge in [-0.1, -0.05) is 17.8 Å². The van der Waals surface area contributed by atoms with Gasteiger partial charge < -0.3 is 11.1 Å². The van der Waals surface area contributed by atoms with Crippen LogP contribution in [-0.4, -0.2) is 31.9 Å². The normalized spacial score (nSPS) is 10.5. The van der Waals surface area contributed by atoms with Crippen LogP contribution in [0.4, 0.5) is 11.4 Å². The number of nitrogens with zero attached hydrogens (tertiary/aromatic N) is 4. The number of nitrogens with one attached hydrogen (secondary N) is 1. The largest absolute Gasteiger partial charge is 0.399 e. The van der Waals surface area contributed by atoms with Crippen LogP contribution in [0.3, 0.4) is 0 Å². The maximum atomic E-state index is 11.9. The van der Waals surface area contributed by atoms with Crippen molar-refractivity contribution in [3.05, 3.63) is 23.8 Å². The van der Waals surface area contributed by atoms with Gasteiger partial charge in [-0.15, -0.1) is 5.10 Å². The number of carbonyl (C=O) groups is 1. The maximum absolute atomic E-state index is 11.9. The Kier molecular flexibility index (Phi) is 4.57. The van der Waals surface area contributed by atoms with Crippen molar-refractivity contribution in [1.82, 2.24) is 20.2 Å². The lowest BCUT2D eigenvalue weighted by atomic mass is 10.2. The summed E-state index contributed by atoms with van der Waals surface area (Å²) in [4.78, 5) is 11.9. The Morgan fingerprint density at radius 2 is 2.30 bits per heavy atom. The van der Waals surface area contributed by atoms with Gasteiger partial charge in [0.05, 0.1) is 0 Å². The van der Waals surface area contributed by atoms with E-state index in [1.54, 1.807) is 17.8 Å². The number of hydrogen-bond acceptors (Lipinski definition) is 6. The second-order valence-electron chi connectivity index (χ2n) is 4.31. The minimum Gasteiger partial charge on any atom is -0.399 e. The average molecular weight is 292 g/mol. The first-order valence-electron chi connectivity index (χ1n) is 6.07. The number of carbonyl (C=O) groups excluding carboxylic acids is 1. The Morgan fingerprint density at radius 3 is 3.00 bits per heavy atom. The van der Waals surface area contributed by atoms with Crippen molar-refractivity contribution in [3.8, 4) is 0 Å². The number of thioether (sulfide) groups is 1. The van der Waals surface area contributed by atoms with Gasteiger partial charge in [0, 0.05) is 30.6 Å². The van der Waals surface area contributed by atoms with Crippen molar-refractivity contribution in [2.45, 2.75) is 18.5 Å².